The van der Waals surface area contributed by atoms with Crippen LogP contribution in [0.1, 0.15) is 18.6 Å². The fourth-order valence-corrected chi connectivity index (χ4v) is 2.85. The summed E-state index contributed by atoms with van der Waals surface area (Å²) in [5.74, 6) is 0.886. The van der Waals surface area contributed by atoms with Crippen molar-refractivity contribution in [2.75, 3.05) is 18.6 Å². The quantitative estimate of drug-likeness (QED) is 0.690. The number of rotatable bonds is 8. The first-order valence-electron chi connectivity index (χ1n) is 8.66. The molecule has 0 radical (unpaired) electrons. The monoisotopic (exact) mass is 371 g/mol. The highest BCUT2D eigenvalue weighted by molar-refractivity contribution is 6.21. The number of ether oxygens (including phenoxy) is 1. The van der Waals surface area contributed by atoms with Crippen molar-refractivity contribution in [2.24, 2.45) is 0 Å². The molecular formula is C19H21N3O5. The number of imide groups is 1. The van der Waals surface area contributed by atoms with E-state index in [1.54, 1.807) is 43.7 Å². The Morgan fingerprint density at radius 1 is 1.26 bits per heavy atom. The van der Waals surface area contributed by atoms with Crippen LogP contribution in [-0.2, 0) is 16.0 Å². The lowest BCUT2D eigenvalue weighted by Gasteiger charge is -2.13. The Morgan fingerprint density at radius 2 is 2.04 bits per heavy atom. The zero-order valence-electron chi connectivity index (χ0n) is 14.9. The van der Waals surface area contributed by atoms with Gasteiger partial charge in [0, 0.05) is 19.4 Å². The highest BCUT2D eigenvalue weighted by atomic mass is 16.5. The van der Waals surface area contributed by atoms with Crippen molar-refractivity contribution in [3.8, 4) is 5.75 Å². The normalized spacial score (nSPS) is 16.3. The van der Waals surface area contributed by atoms with Crippen LogP contribution in [0.3, 0.4) is 0 Å². The van der Waals surface area contributed by atoms with Gasteiger partial charge in [-0.25, -0.2) is 9.69 Å². The van der Waals surface area contributed by atoms with Gasteiger partial charge in [-0.2, -0.15) is 0 Å². The van der Waals surface area contributed by atoms with Gasteiger partial charge < -0.3 is 19.8 Å². The van der Waals surface area contributed by atoms with Gasteiger partial charge in [0.1, 0.15) is 17.6 Å². The van der Waals surface area contributed by atoms with Crippen molar-refractivity contribution in [3.63, 3.8) is 0 Å². The fraction of sp³-hybridized carbons (Fsp3) is 0.316. The third-order valence-electron chi connectivity index (χ3n) is 4.28. The van der Waals surface area contributed by atoms with Gasteiger partial charge >= 0.3 is 6.03 Å². The standard InChI is InChI=1S/C19H21N3O5/c1-26-14-6-4-13(5-7-14)22-18(24)16(21-19(22)25)8-9-17(23)20-11-10-15-3-2-12-27-15/h2-7,12,16H,8-11H2,1H3,(H,20,23)(H,21,25)/t16-/m0/s1. The number of furan rings is 1. The smallest absolute Gasteiger partial charge is 0.329 e. The van der Waals surface area contributed by atoms with Gasteiger partial charge in [-0.15, -0.1) is 0 Å². The number of hydrogen-bond donors (Lipinski definition) is 2. The molecule has 1 atom stereocenters. The van der Waals surface area contributed by atoms with Crippen LogP contribution in [0.15, 0.2) is 47.1 Å². The maximum absolute atomic E-state index is 12.5. The Hall–Kier alpha value is -3.29. The third kappa shape index (κ3) is 4.46. The van der Waals surface area contributed by atoms with E-state index in [2.05, 4.69) is 10.6 Å². The van der Waals surface area contributed by atoms with Crippen molar-refractivity contribution in [1.29, 1.82) is 0 Å². The maximum atomic E-state index is 12.5. The summed E-state index contributed by atoms with van der Waals surface area (Å²) >= 11 is 0. The van der Waals surface area contributed by atoms with Crippen LogP contribution in [0.5, 0.6) is 5.75 Å². The second-order valence-electron chi connectivity index (χ2n) is 6.09. The van der Waals surface area contributed by atoms with E-state index in [1.165, 1.54) is 0 Å². The SMILES string of the molecule is COc1ccc(N2C(=O)N[C@@H](CCC(=O)NCCc3ccco3)C2=O)cc1. The molecule has 1 aromatic carbocycles. The van der Waals surface area contributed by atoms with Gasteiger partial charge in [-0.05, 0) is 42.8 Å². The summed E-state index contributed by atoms with van der Waals surface area (Å²) in [5, 5.41) is 5.40. The summed E-state index contributed by atoms with van der Waals surface area (Å²) in [4.78, 5) is 37.7. The molecule has 2 aromatic rings. The largest absolute Gasteiger partial charge is 0.497 e. The number of carbonyl (C=O) groups excluding carboxylic acids is 3. The summed E-state index contributed by atoms with van der Waals surface area (Å²) in [7, 11) is 1.54. The Bertz CT molecular complexity index is 801. The first-order chi connectivity index (χ1) is 13.1. The lowest BCUT2D eigenvalue weighted by molar-refractivity contribution is -0.121. The molecule has 2 heterocycles. The second-order valence-corrected chi connectivity index (χ2v) is 6.09. The minimum absolute atomic E-state index is 0.144. The molecule has 1 aliphatic rings. The predicted molar refractivity (Wildman–Crippen MR) is 97.5 cm³/mol. The number of methoxy groups -OCH3 is 1. The first-order valence-corrected chi connectivity index (χ1v) is 8.66. The molecule has 2 N–H and O–H groups in total. The second kappa shape index (κ2) is 8.39. The summed E-state index contributed by atoms with van der Waals surface area (Å²) in [6.07, 6.45) is 2.57. The van der Waals surface area contributed by atoms with Crippen LogP contribution in [0.25, 0.3) is 0 Å². The van der Waals surface area contributed by atoms with Crippen LogP contribution in [-0.4, -0.2) is 37.5 Å². The summed E-state index contributed by atoms with van der Waals surface area (Å²) in [6.45, 7) is 0.454. The molecule has 0 bridgehead atoms. The number of amides is 4. The Morgan fingerprint density at radius 3 is 2.70 bits per heavy atom. The third-order valence-corrected chi connectivity index (χ3v) is 4.28. The molecule has 27 heavy (non-hydrogen) atoms. The number of hydrogen-bond acceptors (Lipinski definition) is 5. The molecule has 8 heteroatoms. The highest BCUT2D eigenvalue weighted by Gasteiger charge is 2.38. The summed E-state index contributed by atoms with van der Waals surface area (Å²) < 4.78 is 10.3. The van der Waals surface area contributed by atoms with Crippen LogP contribution in [0, 0.1) is 0 Å². The number of benzene rings is 1. The number of anilines is 1. The van der Waals surface area contributed by atoms with Gasteiger partial charge in [0.15, 0.2) is 0 Å². The number of urea groups is 1. The molecule has 142 valence electrons. The van der Waals surface area contributed by atoms with Crippen LogP contribution >= 0.6 is 0 Å². The van der Waals surface area contributed by atoms with E-state index in [0.29, 0.717) is 24.4 Å². The minimum atomic E-state index is -0.713. The van der Waals surface area contributed by atoms with Crippen LogP contribution in [0.4, 0.5) is 10.5 Å². The van der Waals surface area contributed by atoms with Crippen molar-refractivity contribution >= 4 is 23.5 Å². The van der Waals surface area contributed by atoms with E-state index in [1.807, 2.05) is 6.07 Å². The highest BCUT2D eigenvalue weighted by Crippen LogP contribution is 2.23. The Kier molecular flexibility index (Phi) is 5.75. The van der Waals surface area contributed by atoms with Gasteiger partial charge in [0.25, 0.3) is 5.91 Å². The van der Waals surface area contributed by atoms with Crippen molar-refractivity contribution in [1.82, 2.24) is 10.6 Å². The molecule has 1 fully saturated rings. The fourth-order valence-electron chi connectivity index (χ4n) is 2.85. The first kappa shape index (κ1) is 18.5. The van der Waals surface area contributed by atoms with E-state index in [9.17, 15) is 14.4 Å². The zero-order valence-corrected chi connectivity index (χ0v) is 14.9. The van der Waals surface area contributed by atoms with E-state index < -0.39 is 12.1 Å². The molecule has 0 aliphatic carbocycles. The molecule has 0 unspecified atom stereocenters. The van der Waals surface area contributed by atoms with Crippen LogP contribution < -0.4 is 20.3 Å². The van der Waals surface area contributed by atoms with E-state index in [4.69, 9.17) is 9.15 Å². The molecule has 3 rings (SSSR count). The summed E-state index contributed by atoms with van der Waals surface area (Å²) in [6, 6.07) is 9.06. The minimum Gasteiger partial charge on any atom is -0.497 e. The lowest BCUT2D eigenvalue weighted by atomic mass is 10.1. The van der Waals surface area contributed by atoms with Gasteiger partial charge in [-0.1, -0.05) is 0 Å². The zero-order chi connectivity index (χ0) is 19.2. The molecule has 1 saturated heterocycles. The number of carbonyl (C=O) groups is 3. The molecule has 4 amide bonds. The van der Waals surface area contributed by atoms with Gasteiger partial charge in [-0.3, -0.25) is 9.59 Å². The molecule has 0 spiro atoms. The Balaban J connectivity index is 1.48. The molecule has 8 nitrogen and oxygen atoms in total. The Labute approximate surface area is 156 Å². The van der Waals surface area contributed by atoms with Crippen molar-refractivity contribution < 1.29 is 23.5 Å². The molecular weight excluding hydrogens is 350 g/mol. The van der Waals surface area contributed by atoms with Crippen molar-refractivity contribution in [2.45, 2.75) is 25.3 Å². The maximum Gasteiger partial charge on any atom is 0.329 e. The van der Waals surface area contributed by atoms with Gasteiger partial charge in [0.2, 0.25) is 5.91 Å². The van der Waals surface area contributed by atoms with Crippen molar-refractivity contribution in [3.05, 3.63) is 48.4 Å². The average molecular weight is 371 g/mol. The summed E-state index contributed by atoms with van der Waals surface area (Å²) in [5.41, 5.74) is 0.462. The van der Waals surface area contributed by atoms with E-state index >= 15 is 0 Å². The molecule has 0 saturated carbocycles. The van der Waals surface area contributed by atoms with Crippen LogP contribution in [0.2, 0.25) is 0 Å². The molecule has 1 aliphatic heterocycles. The van der Waals surface area contributed by atoms with E-state index in [0.717, 1.165) is 10.7 Å². The topological polar surface area (TPSA) is 101 Å². The number of nitrogens with zero attached hydrogens (tertiary/aromatic N) is 1. The molecule has 1 aromatic heterocycles. The lowest BCUT2D eigenvalue weighted by Crippen LogP contribution is -2.33. The number of nitrogens with one attached hydrogen (secondary N) is 2. The average Bonchev–Trinajstić information content (AvgIpc) is 3.28. The van der Waals surface area contributed by atoms with Gasteiger partial charge in [0.05, 0.1) is 19.1 Å². The predicted octanol–water partition coefficient (Wildman–Crippen LogP) is 1.85. The van der Waals surface area contributed by atoms with E-state index in [-0.39, 0.29) is 24.7 Å².